The van der Waals surface area contributed by atoms with Gasteiger partial charge in [0.1, 0.15) is 5.60 Å². The van der Waals surface area contributed by atoms with E-state index in [1.165, 1.54) is 12.1 Å². The Kier molecular flexibility index (Phi) is 4.49. The van der Waals surface area contributed by atoms with Crippen molar-refractivity contribution in [3.8, 4) is 0 Å². The number of hydrogen-bond donors (Lipinski definition) is 3. The van der Waals surface area contributed by atoms with Crippen LogP contribution in [0.3, 0.4) is 0 Å². The van der Waals surface area contributed by atoms with Gasteiger partial charge in [0.05, 0.1) is 12.2 Å². The molecule has 0 saturated heterocycles. The number of fused-ring (bicyclic) bond motifs is 1. The minimum atomic E-state index is -1.16. The van der Waals surface area contributed by atoms with Crippen molar-refractivity contribution in [2.75, 3.05) is 11.9 Å². The molecular weight excluding hydrogens is 314 g/mol. The van der Waals surface area contributed by atoms with Crippen LogP contribution in [0.15, 0.2) is 42.5 Å². The first-order chi connectivity index (χ1) is 11.5. The van der Waals surface area contributed by atoms with Crippen molar-refractivity contribution in [2.45, 2.75) is 24.9 Å². The molecule has 0 heterocycles. The van der Waals surface area contributed by atoms with Crippen LogP contribution in [0.5, 0.6) is 0 Å². The number of urea groups is 1. The number of aliphatic hydroxyl groups is 1. The smallest absolute Gasteiger partial charge is 0.319 e. The molecule has 0 bridgehead atoms. The van der Waals surface area contributed by atoms with Crippen LogP contribution in [-0.4, -0.2) is 17.7 Å². The normalized spacial score (nSPS) is 19.5. The Morgan fingerprint density at radius 1 is 1.17 bits per heavy atom. The van der Waals surface area contributed by atoms with Crippen molar-refractivity contribution in [1.82, 2.24) is 5.32 Å². The third kappa shape index (κ3) is 3.23. The number of anilines is 1. The van der Waals surface area contributed by atoms with E-state index in [-0.39, 0.29) is 12.2 Å². The standard InChI is InChI=1S/C18H18F2N2O2/c19-14-8-3-9-15(16(14)20)22-17(23)21-11-18(24)10-4-6-12-5-1-2-7-13(12)18/h1-3,5,7-9,24H,4,6,10-11H2,(H2,21,22,23). The number of carbonyl (C=O) groups excluding carboxylic acids is 1. The Labute approximate surface area is 138 Å². The fourth-order valence-corrected chi connectivity index (χ4v) is 3.08. The van der Waals surface area contributed by atoms with Gasteiger partial charge in [0.2, 0.25) is 0 Å². The van der Waals surface area contributed by atoms with Gasteiger partial charge in [0.25, 0.3) is 0 Å². The zero-order chi connectivity index (χ0) is 17.2. The van der Waals surface area contributed by atoms with E-state index in [9.17, 15) is 18.7 Å². The molecule has 0 fully saturated rings. The molecule has 0 aliphatic heterocycles. The van der Waals surface area contributed by atoms with E-state index in [2.05, 4.69) is 10.6 Å². The third-order valence-corrected chi connectivity index (χ3v) is 4.30. The number of nitrogens with one attached hydrogen (secondary N) is 2. The monoisotopic (exact) mass is 332 g/mol. The molecule has 1 atom stereocenters. The van der Waals surface area contributed by atoms with Crippen LogP contribution in [0, 0.1) is 11.6 Å². The summed E-state index contributed by atoms with van der Waals surface area (Å²) in [6, 6.07) is 10.4. The maximum absolute atomic E-state index is 13.6. The molecule has 3 rings (SSSR count). The van der Waals surface area contributed by atoms with E-state index in [1.807, 2.05) is 24.3 Å². The molecule has 1 aliphatic rings. The van der Waals surface area contributed by atoms with Gasteiger partial charge in [-0.3, -0.25) is 0 Å². The van der Waals surface area contributed by atoms with Gasteiger partial charge in [0.15, 0.2) is 11.6 Å². The van der Waals surface area contributed by atoms with Gasteiger partial charge < -0.3 is 15.7 Å². The van der Waals surface area contributed by atoms with Crippen LogP contribution >= 0.6 is 0 Å². The second-order valence-electron chi connectivity index (χ2n) is 5.95. The van der Waals surface area contributed by atoms with E-state index < -0.39 is 23.3 Å². The highest BCUT2D eigenvalue weighted by Crippen LogP contribution is 2.34. The molecule has 3 N–H and O–H groups in total. The zero-order valence-electron chi connectivity index (χ0n) is 13.0. The summed E-state index contributed by atoms with van der Waals surface area (Å²) in [5.74, 6) is -2.15. The van der Waals surface area contributed by atoms with Crippen LogP contribution in [0.4, 0.5) is 19.3 Å². The Hall–Kier alpha value is -2.47. The zero-order valence-corrected chi connectivity index (χ0v) is 13.0. The predicted molar refractivity (Wildman–Crippen MR) is 86.7 cm³/mol. The lowest BCUT2D eigenvalue weighted by molar-refractivity contribution is 0.0221. The molecular formula is C18H18F2N2O2. The summed E-state index contributed by atoms with van der Waals surface area (Å²) in [4.78, 5) is 12.0. The lowest BCUT2D eigenvalue weighted by atomic mass is 9.79. The Morgan fingerprint density at radius 3 is 2.79 bits per heavy atom. The maximum Gasteiger partial charge on any atom is 0.319 e. The van der Waals surface area contributed by atoms with Crippen LogP contribution < -0.4 is 10.6 Å². The first-order valence-electron chi connectivity index (χ1n) is 7.79. The maximum atomic E-state index is 13.6. The third-order valence-electron chi connectivity index (χ3n) is 4.30. The second kappa shape index (κ2) is 6.57. The molecule has 1 unspecified atom stereocenters. The first-order valence-corrected chi connectivity index (χ1v) is 7.79. The number of amides is 2. The largest absolute Gasteiger partial charge is 0.383 e. The second-order valence-corrected chi connectivity index (χ2v) is 5.95. The molecule has 2 aromatic rings. The number of halogens is 2. The minimum Gasteiger partial charge on any atom is -0.383 e. The molecule has 0 saturated carbocycles. The van der Waals surface area contributed by atoms with Crippen LogP contribution in [0.25, 0.3) is 0 Å². The quantitative estimate of drug-likeness (QED) is 0.807. The SMILES string of the molecule is O=C(NCC1(O)CCCc2ccccc21)Nc1cccc(F)c1F. The number of rotatable bonds is 3. The average molecular weight is 332 g/mol. The summed E-state index contributed by atoms with van der Waals surface area (Å²) in [6.07, 6.45) is 2.23. The molecule has 0 radical (unpaired) electrons. The van der Waals surface area contributed by atoms with Crippen molar-refractivity contribution in [2.24, 2.45) is 0 Å². The summed E-state index contributed by atoms with van der Waals surface area (Å²) >= 11 is 0. The van der Waals surface area contributed by atoms with Crippen LogP contribution in [0.2, 0.25) is 0 Å². The Balaban J connectivity index is 1.67. The van der Waals surface area contributed by atoms with Gasteiger partial charge in [-0.2, -0.15) is 0 Å². The molecule has 0 aromatic heterocycles. The summed E-state index contributed by atoms with van der Waals surface area (Å²) in [7, 11) is 0. The molecule has 0 spiro atoms. The number of benzene rings is 2. The molecule has 6 heteroatoms. The first kappa shape index (κ1) is 16.4. The fraction of sp³-hybridized carbons (Fsp3) is 0.278. The summed E-state index contributed by atoms with van der Waals surface area (Å²) in [6.45, 7) is -0.00716. The predicted octanol–water partition coefficient (Wildman–Crippen LogP) is 3.31. The fourth-order valence-electron chi connectivity index (χ4n) is 3.08. The van der Waals surface area contributed by atoms with Gasteiger partial charge in [-0.1, -0.05) is 30.3 Å². The highest BCUT2D eigenvalue weighted by molar-refractivity contribution is 5.89. The van der Waals surface area contributed by atoms with Crippen molar-refractivity contribution in [3.05, 3.63) is 65.2 Å². The van der Waals surface area contributed by atoms with Crippen LogP contribution in [-0.2, 0) is 12.0 Å². The minimum absolute atomic E-state index is 0.00716. The van der Waals surface area contributed by atoms with Crippen molar-refractivity contribution in [1.29, 1.82) is 0 Å². The van der Waals surface area contributed by atoms with Crippen molar-refractivity contribution >= 4 is 11.7 Å². The van der Waals surface area contributed by atoms with E-state index in [4.69, 9.17) is 0 Å². The lowest BCUT2D eigenvalue weighted by Gasteiger charge is -2.34. The van der Waals surface area contributed by atoms with Gasteiger partial charge >= 0.3 is 6.03 Å². The molecule has 2 aromatic carbocycles. The van der Waals surface area contributed by atoms with Gasteiger partial charge in [-0.25, -0.2) is 13.6 Å². The van der Waals surface area contributed by atoms with E-state index >= 15 is 0 Å². The molecule has 4 nitrogen and oxygen atoms in total. The van der Waals surface area contributed by atoms with Gasteiger partial charge in [0, 0.05) is 0 Å². The highest BCUT2D eigenvalue weighted by Gasteiger charge is 2.34. The molecule has 1 aliphatic carbocycles. The number of aryl methyl sites for hydroxylation is 1. The highest BCUT2D eigenvalue weighted by atomic mass is 19.2. The molecule has 2 amide bonds. The summed E-state index contributed by atoms with van der Waals surface area (Å²) < 4.78 is 26.7. The molecule has 126 valence electrons. The number of carbonyl (C=O) groups is 1. The van der Waals surface area contributed by atoms with E-state index in [1.54, 1.807) is 0 Å². The van der Waals surface area contributed by atoms with E-state index in [0.717, 1.165) is 30.0 Å². The lowest BCUT2D eigenvalue weighted by Crippen LogP contribution is -2.44. The van der Waals surface area contributed by atoms with Gasteiger partial charge in [-0.05, 0) is 42.5 Å². The summed E-state index contributed by atoms with van der Waals surface area (Å²) in [5.41, 5.74) is 0.453. The topological polar surface area (TPSA) is 61.4 Å². The van der Waals surface area contributed by atoms with Gasteiger partial charge in [-0.15, -0.1) is 0 Å². The van der Waals surface area contributed by atoms with Crippen molar-refractivity contribution in [3.63, 3.8) is 0 Å². The Morgan fingerprint density at radius 2 is 1.96 bits per heavy atom. The number of hydrogen-bond acceptors (Lipinski definition) is 2. The molecule has 24 heavy (non-hydrogen) atoms. The average Bonchev–Trinajstić information content (AvgIpc) is 2.58. The Bertz CT molecular complexity index is 766. The van der Waals surface area contributed by atoms with Crippen molar-refractivity contribution < 1.29 is 18.7 Å². The van der Waals surface area contributed by atoms with Crippen LogP contribution in [0.1, 0.15) is 24.0 Å². The summed E-state index contributed by atoms with van der Waals surface area (Å²) in [5, 5.41) is 15.7. The van der Waals surface area contributed by atoms with E-state index in [0.29, 0.717) is 6.42 Å².